The maximum Gasteiger partial charge on any atom is 0.0730 e. The Balaban J connectivity index is 1.88. The lowest BCUT2D eigenvalue weighted by atomic mass is 10.1. The number of para-hydroxylation sites is 1. The maximum absolute atomic E-state index is 4.79. The zero-order valence-electron chi connectivity index (χ0n) is 13.1. The van der Waals surface area contributed by atoms with Gasteiger partial charge in [0.2, 0.25) is 0 Å². The summed E-state index contributed by atoms with van der Waals surface area (Å²) in [4.78, 5) is 4.79. The molecule has 0 amide bonds. The first-order valence-corrected chi connectivity index (χ1v) is 7.88. The van der Waals surface area contributed by atoms with Crippen LogP contribution >= 0.6 is 0 Å². The molecule has 0 saturated heterocycles. The predicted octanol–water partition coefficient (Wildman–Crippen LogP) is 5.31. The SMILES string of the molecule is Cc1ccc2nc3ccccc3c(NCc3ccccc3)c2c1. The van der Waals surface area contributed by atoms with E-state index in [4.69, 9.17) is 4.98 Å². The molecule has 2 nitrogen and oxygen atoms in total. The normalized spacial score (nSPS) is 11.0. The first-order chi connectivity index (χ1) is 11.3. The van der Waals surface area contributed by atoms with Crippen molar-refractivity contribution < 1.29 is 0 Å². The summed E-state index contributed by atoms with van der Waals surface area (Å²) in [6, 6.07) is 25.2. The summed E-state index contributed by atoms with van der Waals surface area (Å²) in [6.45, 7) is 2.92. The summed E-state index contributed by atoms with van der Waals surface area (Å²) >= 11 is 0. The molecular formula is C21H18N2. The van der Waals surface area contributed by atoms with Gasteiger partial charge in [-0.25, -0.2) is 4.98 Å². The highest BCUT2D eigenvalue weighted by Gasteiger charge is 2.09. The van der Waals surface area contributed by atoms with E-state index in [1.165, 1.54) is 21.9 Å². The summed E-state index contributed by atoms with van der Waals surface area (Å²) in [5.74, 6) is 0. The van der Waals surface area contributed by atoms with Crippen LogP contribution in [0.3, 0.4) is 0 Å². The fourth-order valence-electron chi connectivity index (χ4n) is 2.98. The van der Waals surface area contributed by atoms with Gasteiger partial charge in [-0.1, -0.05) is 60.2 Å². The number of hydrogen-bond acceptors (Lipinski definition) is 2. The molecule has 0 aliphatic carbocycles. The van der Waals surface area contributed by atoms with Crippen LogP contribution in [-0.2, 0) is 6.54 Å². The van der Waals surface area contributed by atoms with Gasteiger partial charge in [0, 0.05) is 17.3 Å². The molecule has 1 heterocycles. The molecule has 0 saturated carbocycles. The first kappa shape index (κ1) is 13.8. The second-order valence-electron chi connectivity index (χ2n) is 5.86. The van der Waals surface area contributed by atoms with Gasteiger partial charge in [-0.2, -0.15) is 0 Å². The fourth-order valence-corrected chi connectivity index (χ4v) is 2.98. The molecule has 0 aliphatic heterocycles. The lowest BCUT2D eigenvalue weighted by Gasteiger charge is -2.14. The second-order valence-corrected chi connectivity index (χ2v) is 5.86. The number of hydrogen-bond donors (Lipinski definition) is 1. The highest BCUT2D eigenvalue weighted by atomic mass is 14.9. The van der Waals surface area contributed by atoms with Gasteiger partial charge in [0.15, 0.2) is 0 Å². The lowest BCUT2D eigenvalue weighted by molar-refractivity contribution is 1.16. The summed E-state index contributed by atoms with van der Waals surface area (Å²) < 4.78 is 0. The van der Waals surface area contributed by atoms with Crippen molar-refractivity contribution in [3.05, 3.63) is 83.9 Å². The Morgan fingerprint density at radius 3 is 2.39 bits per heavy atom. The van der Waals surface area contributed by atoms with Crippen LogP contribution < -0.4 is 5.32 Å². The van der Waals surface area contributed by atoms with Crippen molar-refractivity contribution in [1.29, 1.82) is 0 Å². The molecule has 1 aromatic heterocycles. The van der Waals surface area contributed by atoms with E-state index < -0.39 is 0 Å². The van der Waals surface area contributed by atoms with E-state index in [1.807, 2.05) is 12.1 Å². The van der Waals surface area contributed by atoms with Crippen LogP contribution in [0.4, 0.5) is 5.69 Å². The largest absolute Gasteiger partial charge is 0.380 e. The van der Waals surface area contributed by atoms with Crippen molar-refractivity contribution in [2.75, 3.05) is 5.32 Å². The van der Waals surface area contributed by atoms with Crippen LogP contribution in [0.2, 0.25) is 0 Å². The molecule has 0 spiro atoms. The third-order valence-electron chi connectivity index (χ3n) is 4.15. The molecule has 1 N–H and O–H groups in total. The highest BCUT2D eigenvalue weighted by Crippen LogP contribution is 2.31. The van der Waals surface area contributed by atoms with Crippen LogP contribution in [0.15, 0.2) is 72.8 Å². The molecule has 3 aromatic carbocycles. The van der Waals surface area contributed by atoms with Crippen molar-refractivity contribution in [1.82, 2.24) is 4.98 Å². The maximum atomic E-state index is 4.79. The van der Waals surface area contributed by atoms with Gasteiger partial charge >= 0.3 is 0 Å². The quantitative estimate of drug-likeness (QED) is 0.518. The van der Waals surface area contributed by atoms with E-state index in [-0.39, 0.29) is 0 Å². The molecule has 4 rings (SSSR count). The number of fused-ring (bicyclic) bond motifs is 2. The van der Waals surface area contributed by atoms with Crippen LogP contribution in [0.25, 0.3) is 21.8 Å². The van der Waals surface area contributed by atoms with Gasteiger partial charge < -0.3 is 5.32 Å². The molecule has 0 bridgehead atoms. The van der Waals surface area contributed by atoms with Crippen LogP contribution in [0, 0.1) is 6.92 Å². The van der Waals surface area contributed by atoms with Crippen LogP contribution in [-0.4, -0.2) is 4.98 Å². The van der Waals surface area contributed by atoms with Crippen LogP contribution in [0.1, 0.15) is 11.1 Å². The molecule has 0 aliphatic rings. The molecule has 4 aromatic rings. The number of benzene rings is 3. The highest BCUT2D eigenvalue weighted by molar-refractivity contribution is 6.07. The fraction of sp³-hybridized carbons (Fsp3) is 0.0952. The average molecular weight is 298 g/mol. The van der Waals surface area contributed by atoms with Gasteiger partial charge in [0.05, 0.1) is 16.7 Å². The van der Waals surface area contributed by atoms with Gasteiger partial charge in [-0.3, -0.25) is 0 Å². The molecule has 0 unspecified atom stereocenters. The minimum absolute atomic E-state index is 0.803. The Morgan fingerprint density at radius 2 is 1.52 bits per heavy atom. The van der Waals surface area contributed by atoms with Gasteiger partial charge in [-0.15, -0.1) is 0 Å². The third kappa shape index (κ3) is 2.64. The van der Waals surface area contributed by atoms with Crippen molar-refractivity contribution in [2.24, 2.45) is 0 Å². The van der Waals surface area contributed by atoms with Crippen molar-refractivity contribution >= 4 is 27.5 Å². The summed E-state index contributed by atoms with van der Waals surface area (Å²) in [6.07, 6.45) is 0. The van der Waals surface area contributed by atoms with Crippen molar-refractivity contribution in [3.8, 4) is 0 Å². The van der Waals surface area contributed by atoms with Gasteiger partial charge in [0.25, 0.3) is 0 Å². The Labute approximate surface area is 135 Å². The van der Waals surface area contributed by atoms with Crippen LogP contribution in [0.5, 0.6) is 0 Å². The molecule has 112 valence electrons. The summed E-state index contributed by atoms with van der Waals surface area (Å²) in [5, 5.41) is 5.98. The topological polar surface area (TPSA) is 24.9 Å². The monoisotopic (exact) mass is 298 g/mol. The van der Waals surface area contributed by atoms with Gasteiger partial charge in [0.1, 0.15) is 0 Å². The average Bonchev–Trinajstić information content (AvgIpc) is 2.60. The van der Waals surface area contributed by atoms with Gasteiger partial charge in [-0.05, 0) is 30.7 Å². The van der Waals surface area contributed by atoms with E-state index in [2.05, 4.69) is 72.9 Å². The zero-order valence-corrected chi connectivity index (χ0v) is 13.1. The predicted molar refractivity (Wildman–Crippen MR) is 97.8 cm³/mol. The molecule has 2 heteroatoms. The minimum atomic E-state index is 0.803. The molecular weight excluding hydrogens is 280 g/mol. The number of rotatable bonds is 3. The van der Waals surface area contributed by atoms with Crippen molar-refractivity contribution in [2.45, 2.75) is 13.5 Å². The number of nitrogens with one attached hydrogen (secondary N) is 1. The number of aryl methyl sites for hydroxylation is 1. The van der Waals surface area contributed by atoms with E-state index in [9.17, 15) is 0 Å². The molecule has 0 fully saturated rings. The van der Waals surface area contributed by atoms with E-state index in [0.29, 0.717) is 0 Å². The Hall–Kier alpha value is -2.87. The lowest BCUT2D eigenvalue weighted by Crippen LogP contribution is -2.01. The van der Waals surface area contributed by atoms with E-state index in [1.54, 1.807) is 0 Å². The Kier molecular flexibility index (Phi) is 3.43. The zero-order chi connectivity index (χ0) is 15.6. The van der Waals surface area contributed by atoms with E-state index in [0.717, 1.165) is 23.3 Å². The number of anilines is 1. The first-order valence-electron chi connectivity index (χ1n) is 7.88. The molecule has 23 heavy (non-hydrogen) atoms. The molecule has 0 radical (unpaired) electrons. The Bertz CT molecular complexity index is 975. The number of nitrogens with zero attached hydrogens (tertiary/aromatic N) is 1. The number of pyridine rings is 1. The number of aromatic nitrogens is 1. The smallest absolute Gasteiger partial charge is 0.0730 e. The van der Waals surface area contributed by atoms with E-state index >= 15 is 0 Å². The third-order valence-corrected chi connectivity index (χ3v) is 4.15. The van der Waals surface area contributed by atoms with Crippen molar-refractivity contribution in [3.63, 3.8) is 0 Å². The standard InChI is InChI=1S/C21H18N2/c1-15-11-12-20-18(13-15)21(17-9-5-6-10-19(17)23-20)22-14-16-7-3-2-4-8-16/h2-13H,14H2,1H3,(H,22,23). The molecule has 0 atom stereocenters. The second kappa shape index (κ2) is 5.73. The Morgan fingerprint density at radius 1 is 0.783 bits per heavy atom. The summed E-state index contributed by atoms with van der Waals surface area (Å²) in [7, 11) is 0. The minimum Gasteiger partial charge on any atom is -0.380 e. The summed E-state index contributed by atoms with van der Waals surface area (Å²) in [5.41, 5.74) is 5.74.